The lowest BCUT2D eigenvalue weighted by Gasteiger charge is -2.34. The van der Waals surface area contributed by atoms with Crippen LogP contribution in [0.1, 0.15) is 31.5 Å². The average Bonchev–Trinajstić information content (AvgIpc) is 3.44. The van der Waals surface area contributed by atoms with Gasteiger partial charge in [0.2, 0.25) is 21.1 Å². The third kappa shape index (κ3) is 5.45. The van der Waals surface area contributed by atoms with Gasteiger partial charge in [-0.05, 0) is 24.1 Å². The maximum atomic E-state index is 13.4. The second-order valence-corrected chi connectivity index (χ2v) is 10.8. The number of hydrogen-bond acceptors (Lipinski definition) is 6. The summed E-state index contributed by atoms with van der Waals surface area (Å²) in [6, 6.07) is 4.98. The molecular formula is C20H26FN5O3S2. The van der Waals surface area contributed by atoms with E-state index in [0.717, 1.165) is 18.3 Å². The molecule has 1 saturated heterocycles. The molecule has 1 aromatic carbocycles. The fourth-order valence-electron chi connectivity index (χ4n) is 4.09. The first-order chi connectivity index (χ1) is 14.9. The van der Waals surface area contributed by atoms with Crippen LogP contribution in [0.4, 0.5) is 4.39 Å². The van der Waals surface area contributed by atoms with Gasteiger partial charge in [0.25, 0.3) is 0 Å². The number of hydrogen-bond donors (Lipinski definition) is 1. The summed E-state index contributed by atoms with van der Waals surface area (Å²) >= 11 is 1.29. The minimum Gasteiger partial charge on any atom is -0.339 e. The maximum Gasteiger partial charge on any atom is 0.243 e. The van der Waals surface area contributed by atoms with Crippen molar-refractivity contribution in [3.05, 3.63) is 35.9 Å². The first kappa shape index (κ1) is 22.2. The van der Waals surface area contributed by atoms with E-state index in [4.69, 9.17) is 0 Å². The normalized spacial score (nSPS) is 18.5. The van der Waals surface area contributed by atoms with Gasteiger partial charge in [0.05, 0.1) is 10.6 Å². The van der Waals surface area contributed by atoms with Crippen LogP contribution in [-0.2, 0) is 21.2 Å². The largest absolute Gasteiger partial charge is 0.339 e. The van der Waals surface area contributed by atoms with Gasteiger partial charge in [-0.2, -0.15) is 4.31 Å². The van der Waals surface area contributed by atoms with E-state index in [2.05, 4.69) is 15.2 Å². The number of amides is 1. The van der Waals surface area contributed by atoms with Gasteiger partial charge in [0, 0.05) is 32.6 Å². The highest BCUT2D eigenvalue weighted by molar-refractivity contribution is 7.99. The zero-order chi connectivity index (χ0) is 21.8. The number of piperazine rings is 1. The molecule has 31 heavy (non-hydrogen) atoms. The van der Waals surface area contributed by atoms with E-state index in [1.807, 2.05) is 0 Å². The monoisotopic (exact) mass is 467 g/mol. The van der Waals surface area contributed by atoms with Crippen LogP contribution in [0.5, 0.6) is 0 Å². The smallest absolute Gasteiger partial charge is 0.243 e. The Balaban J connectivity index is 1.25. The predicted molar refractivity (Wildman–Crippen MR) is 115 cm³/mol. The molecule has 168 valence electrons. The lowest BCUT2D eigenvalue weighted by atomic mass is 10.0. The summed E-state index contributed by atoms with van der Waals surface area (Å²) in [5, 5.41) is 7.73. The van der Waals surface area contributed by atoms with Crippen molar-refractivity contribution in [2.75, 3.05) is 31.9 Å². The molecule has 0 unspecified atom stereocenters. The van der Waals surface area contributed by atoms with E-state index in [1.165, 1.54) is 59.9 Å². The van der Waals surface area contributed by atoms with Gasteiger partial charge in [-0.15, -0.1) is 5.10 Å². The Morgan fingerprint density at radius 1 is 1.19 bits per heavy atom. The third-order valence-electron chi connectivity index (χ3n) is 5.82. The van der Waals surface area contributed by atoms with Crippen LogP contribution >= 0.6 is 11.8 Å². The van der Waals surface area contributed by atoms with Gasteiger partial charge in [-0.3, -0.25) is 9.89 Å². The van der Waals surface area contributed by atoms with Crippen molar-refractivity contribution in [1.82, 2.24) is 24.4 Å². The number of thioether (sulfide) groups is 1. The van der Waals surface area contributed by atoms with E-state index in [-0.39, 0.29) is 29.6 Å². The number of halogens is 1. The first-order valence-electron chi connectivity index (χ1n) is 10.5. The Labute approximate surface area is 185 Å². The molecule has 2 aromatic rings. The predicted octanol–water partition coefficient (Wildman–Crippen LogP) is 2.30. The minimum atomic E-state index is -3.77. The maximum absolute atomic E-state index is 13.4. The number of aromatic nitrogens is 3. The van der Waals surface area contributed by atoms with E-state index < -0.39 is 15.8 Å². The van der Waals surface area contributed by atoms with Gasteiger partial charge in [0.1, 0.15) is 11.6 Å². The molecule has 0 atom stereocenters. The van der Waals surface area contributed by atoms with E-state index in [0.29, 0.717) is 24.2 Å². The Morgan fingerprint density at radius 2 is 1.94 bits per heavy atom. The molecule has 1 aliphatic heterocycles. The summed E-state index contributed by atoms with van der Waals surface area (Å²) in [6.45, 7) is 0.965. The molecule has 11 heteroatoms. The molecule has 0 radical (unpaired) electrons. The lowest BCUT2D eigenvalue weighted by Crippen LogP contribution is -2.51. The number of carbonyl (C=O) groups is 1. The molecule has 8 nitrogen and oxygen atoms in total. The topological polar surface area (TPSA) is 99.3 Å². The van der Waals surface area contributed by atoms with Crippen molar-refractivity contribution < 1.29 is 17.6 Å². The molecule has 1 saturated carbocycles. The Bertz CT molecular complexity index is 1020. The number of carbonyl (C=O) groups excluding carboxylic acids is 1. The van der Waals surface area contributed by atoms with E-state index in [1.54, 1.807) is 4.90 Å². The van der Waals surface area contributed by atoms with Crippen LogP contribution in [0, 0.1) is 11.7 Å². The Morgan fingerprint density at radius 3 is 2.65 bits per heavy atom. The summed E-state index contributed by atoms with van der Waals surface area (Å²) in [6.07, 6.45) is 5.95. The summed E-state index contributed by atoms with van der Waals surface area (Å²) < 4.78 is 40.1. The van der Waals surface area contributed by atoms with Crippen LogP contribution < -0.4 is 0 Å². The first-order valence-corrected chi connectivity index (χ1v) is 12.9. The molecule has 0 bridgehead atoms. The molecule has 0 spiro atoms. The molecular weight excluding hydrogens is 441 g/mol. The highest BCUT2D eigenvalue weighted by Crippen LogP contribution is 2.27. The molecule has 1 amide bonds. The fraction of sp³-hybridized carbons (Fsp3) is 0.550. The average molecular weight is 468 g/mol. The number of H-pyrrole nitrogens is 1. The highest BCUT2D eigenvalue weighted by atomic mass is 32.2. The molecule has 1 aromatic heterocycles. The lowest BCUT2D eigenvalue weighted by molar-refractivity contribution is -0.129. The number of aromatic amines is 1. The van der Waals surface area contributed by atoms with Crippen molar-refractivity contribution >= 4 is 27.7 Å². The highest BCUT2D eigenvalue weighted by Gasteiger charge is 2.30. The van der Waals surface area contributed by atoms with Crippen LogP contribution in [0.15, 0.2) is 34.3 Å². The van der Waals surface area contributed by atoms with Crippen molar-refractivity contribution in [2.24, 2.45) is 5.92 Å². The SMILES string of the molecule is O=C(CSc1n[nH]c(CC2CCCC2)n1)N1CCN(S(=O)(=O)c2cccc(F)c2)CC1. The van der Waals surface area contributed by atoms with Gasteiger partial charge >= 0.3 is 0 Å². The molecule has 1 N–H and O–H groups in total. The second kappa shape index (κ2) is 9.66. The van der Waals surface area contributed by atoms with Gasteiger partial charge in [-0.25, -0.2) is 17.8 Å². The van der Waals surface area contributed by atoms with Crippen LogP contribution in [-0.4, -0.2) is 70.6 Å². The molecule has 4 rings (SSSR count). The quantitative estimate of drug-likeness (QED) is 0.628. The van der Waals surface area contributed by atoms with Crippen molar-refractivity contribution in [1.29, 1.82) is 0 Å². The summed E-state index contributed by atoms with van der Waals surface area (Å²) in [5.74, 6) is 1.09. The van der Waals surface area contributed by atoms with Gasteiger partial charge < -0.3 is 4.90 Å². The van der Waals surface area contributed by atoms with E-state index in [9.17, 15) is 17.6 Å². The van der Waals surface area contributed by atoms with Crippen molar-refractivity contribution in [2.45, 2.75) is 42.2 Å². The van der Waals surface area contributed by atoms with Crippen LogP contribution in [0.25, 0.3) is 0 Å². The number of sulfonamides is 1. The second-order valence-electron chi connectivity index (χ2n) is 7.95. The third-order valence-corrected chi connectivity index (χ3v) is 8.54. The van der Waals surface area contributed by atoms with Crippen molar-refractivity contribution in [3.63, 3.8) is 0 Å². The molecule has 2 aliphatic rings. The number of nitrogens with zero attached hydrogens (tertiary/aromatic N) is 4. The Hall–Kier alpha value is -1.98. The number of rotatable bonds is 7. The Kier molecular flexibility index (Phi) is 6.92. The van der Waals surface area contributed by atoms with Gasteiger partial charge in [-0.1, -0.05) is 43.5 Å². The van der Waals surface area contributed by atoms with Crippen LogP contribution in [0.3, 0.4) is 0 Å². The van der Waals surface area contributed by atoms with Crippen LogP contribution in [0.2, 0.25) is 0 Å². The number of benzene rings is 1. The fourth-order valence-corrected chi connectivity index (χ4v) is 6.27. The minimum absolute atomic E-state index is 0.0687. The summed E-state index contributed by atoms with van der Waals surface area (Å²) in [5.41, 5.74) is 0. The van der Waals surface area contributed by atoms with E-state index >= 15 is 0 Å². The van der Waals surface area contributed by atoms with Crippen molar-refractivity contribution in [3.8, 4) is 0 Å². The number of nitrogens with one attached hydrogen (secondary N) is 1. The van der Waals surface area contributed by atoms with Gasteiger partial charge in [0.15, 0.2) is 0 Å². The zero-order valence-corrected chi connectivity index (χ0v) is 18.8. The standard InChI is InChI=1S/C20H26FN5O3S2/c21-16-6-3-7-17(13-16)31(28,29)26-10-8-25(9-11-26)19(27)14-30-20-22-18(23-24-20)12-15-4-1-2-5-15/h3,6-7,13,15H,1-2,4-5,8-12,14H2,(H,22,23,24). The zero-order valence-electron chi connectivity index (χ0n) is 17.2. The summed E-state index contributed by atoms with van der Waals surface area (Å²) in [7, 11) is -3.77. The summed E-state index contributed by atoms with van der Waals surface area (Å²) in [4.78, 5) is 18.6. The molecule has 1 aliphatic carbocycles. The molecule has 2 heterocycles. The molecule has 2 fully saturated rings.